The van der Waals surface area contributed by atoms with Gasteiger partial charge in [-0.1, -0.05) is 37.2 Å². The number of nitrogens with zero attached hydrogens (tertiary/aromatic N) is 2. The van der Waals surface area contributed by atoms with Crippen molar-refractivity contribution in [2.24, 2.45) is 4.99 Å². The first-order valence-corrected chi connectivity index (χ1v) is 9.25. The van der Waals surface area contributed by atoms with Crippen molar-refractivity contribution in [1.82, 2.24) is 15.8 Å². The zero-order chi connectivity index (χ0) is 17.4. The van der Waals surface area contributed by atoms with Crippen LogP contribution in [0.4, 0.5) is 0 Å². The van der Waals surface area contributed by atoms with Crippen molar-refractivity contribution in [3.05, 3.63) is 47.9 Å². The van der Waals surface area contributed by atoms with Gasteiger partial charge in [0.15, 0.2) is 11.7 Å². The molecule has 1 heterocycles. The predicted octanol–water partition coefficient (Wildman–Crippen LogP) is 2.89. The maximum Gasteiger partial charge on any atom is 0.191 e. The minimum absolute atomic E-state index is 0. The SMILES string of the molecule is CN=C(NCCS(=O)c1ccccc1)NCc1cc(C(C)C)no1.I. The van der Waals surface area contributed by atoms with E-state index in [4.69, 9.17) is 4.52 Å². The van der Waals surface area contributed by atoms with Crippen LogP contribution < -0.4 is 10.6 Å². The van der Waals surface area contributed by atoms with Crippen LogP contribution in [0.25, 0.3) is 0 Å². The van der Waals surface area contributed by atoms with Gasteiger partial charge < -0.3 is 15.2 Å². The van der Waals surface area contributed by atoms with Crippen LogP contribution in [0.15, 0.2) is 50.8 Å². The Labute approximate surface area is 168 Å². The van der Waals surface area contributed by atoms with Crippen molar-refractivity contribution in [3.8, 4) is 0 Å². The molecule has 0 aliphatic heterocycles. The van der Waals surface area contributed by atoms with Gasteiger partial charge in [-0.05, 0) is 18.1 Å². The summed E-state index contributed by atoms with van der Waals surface area (Å²) < 4.78 is 17.4. The first kappa shape index (κ1) is 21.6. The second kappa shape index (κ2) is 11.2. The Morgan fingerprint density at radius 3 is 2.60 bits per heavy atom. The van der Waals surface area contributed by atoms with Gasteiger partial charge in [0.05, 0.1) is 23.0 Å². The van der Waals surface area contributed by atoms with E-state index < -0.39 is 10.8 Å². The molecule has 2 aromatic rings. The van der Waals surface area contributed by atoms with Gasteiger partial charge in [0, 0.05) is 30.3 Å². The average Bonchev–Trinajstić information content (AvgIpc) is 3.08. The van der Waals surface area contributed by atoms with E-state index in [0.29, 0.717) is 30.7 Å². The fraction of sp³-hybridized carbons (Fsp3) is 0.412. The summed E-state index contributed by atoms with van der Waals surface area (Å²) in [7, 11) is 0.680. The van der Waals surface area contributed by atoms with Crippen molar-refractivity contribution in [2.45, 2.75) is 31.2 Å². The Morgan fingerprint density at radius 1 is 1.28 bits per heavy atom. The fourth-order valence-electron chi connectivity index (χ4n) is 2.03. The van der Waals surface area contributed by atoms with Crippen LogP contribution in [0.3, 0.4) is 0 Å². The van der Waals surface area contributed by atoms with Crippen LogP contribution in [-0.2, 0) is 17.3 Å². The van der Waals surface area contributed by atoms with E-state index in [2.05, 4.69) is 34.6 Å². The molecule has 25 heavy (non-hydrogen) atoms. The van der Waals surface area contributed by atoms with Crippen molar-refractivity contribution in [3.63, 3.8) is 0 Å². The second-order valence-corrected chi connectivity index (χ2v) is 7.16. The lowest BCUT2D eigenvalue weighted by molar-refractivity contribution is 0.372. The van der Waals surface area contributed by atoms with Crippen molar-refractivity contribution < 1.29 is 8.73 Å². The first-order valence-electron chi connectivity index (χ1n) is 7.93. The highest BCUT2D eigenvalue weighted by molar-refractivity contribution is 14.0. The molecule has 0 aliphatic carbocycles. The number of aliphatic imine (C=N–C) groups is 1. The molecule has 0 amide bonds. The van der Waals surface area contributed by atoms with Gasteiger partial charge in [0.25, 0.3) is 0 Å². The minimum Gasteiger partial charge on any atom is -0.359 e. The molecule has 138 valence electrons. The molecule has 6 nitrogen and oxygen atoms in total. The Hall–Kier alpha value is -1.42. The molecule has 0 aliphatic rings. The molecule has 0 spiro atoms. The largest absolute Gasteiger partial charge is 0.359 e. The van der Waals surface area contributed by atoms with E-state index >= 15 is 0 Å². The molecule has 0 saturated carbocycles. The molecular weight excluding hydrogens is 451 g/mol. The zero-order valence-corrected chi connectivity index (χ0v) is 17.8. The van der Waals surface area contributed by atoms with E-state index in [-0.39, 0.29) is 24.0 Å². The molecule has 1 unspecified atom stereocenters. The molecule has 0 saturated heterocycles. The van der Waals surface area contributed by atoms with Gasteiger partial charge in [-0.15, -0.1) is 24.0 Å². The summed E-state index contributed by atoms with van der Waals surface area (Å²) in [5, 5.41) is 10.3. The third-order valence-electron chi connectivity index (χ3n) is 3.41. The maximum atomic E-state index is 12.1. The number of hydrogen-bond donors (Lipinski definition) is 2. The standard InChI is InChI=1S/C17H24N4O2S.HI/c1-13(2)16-11-14(23-21-16)12-20-17(18-3)19-9-10-24(22)15-7-5-4-6-8-15;/h4-8,11,13H,9-10,12H2,1-3H3,(H2,18,19,20);1H. The van der Waals surface area contributed by atoms with Crippen molar-refractivity contribution in [2.75, 3.05) is 19.3 Å². The molecule has 1 aromatic carbocycles. The summed E-state index contributed by atoms with van der Waals surface area (Å²) >= 11 is 0. The molecule has 2 rings (SSSR count). The van der Waals surface area contributed by atoms with Crippen LogP contribution in [0.1, 0.15) is 31.2 Å². The van der Waals surface area contributed by atoms with E-state index in [9.17, 15) is 4.21 Å². The van der Waals surface area contributed by atoms with Gasteiger partial charge >= 0.3 is 0 Å². The molecule has 2 N–H and O–H groups in total. The number of halogens is 1. The Balaban J connectivity index is 0.00000312. The van der Waals surface area contributed by atoms with Gasteiger partial charge in [-0.25, -0.2) is 0 Å². The molecule has 0 fully saturated rings. The van der Waals surface area contributed by atoms with Gasteiger partial charge in [0.2, 0.25) is 0 Å². The molecule has 1 atom stereocenters. The topological polar surface area (TPSA) is 79.5 Å². The number of aromatic nitrogens is 1. The molecule has 1 aromatic heterocycles. The maximum absolute atomic E-state index is 12.1. The van der Waals surface area contributed by atoms with Crippen LogP contribution in [0, 0.1) is 0 Å². The monoisotopic (exact) mass is 476 g/mol. The van der Waals surface area contributed by atoms with Gasteiger partial charge in [0.1, 0.15) is 0 Å². The zero-order valence-electron chi connectivity index (χ0n) is 14.7. The van der Waals surface area contributed by atoms with Crippen LogP contribution >= 0.6 is 24.0 Å². The van der Waals surface area contributed by atoms with Crippen molar-refractivity contribution >= 4 is 40.7 Å². The van der Waals surface area contributed by atoms with Crippen molar-refractivity contribution in [1.29, 1.82) is 0 Å². The number of benzene rings is 1. The summed E-state index contributed by atoms with van der Waals surface area (Å²) in [6, 6.07) is 11.4. The van der Waals surface area contributed by atoms with E-state index in [1.807, 2.05) is 36.4 Å². The summed E-state index contributed by atoms with van der Waals surface area (Å²) in [5.41, 5.74) is 0.938. The molecule has 8 heteroatoms. The van der Waals surface area contributed by atoms with Gasteiger partial charge in [-0.3, -0.25) is 9.20 Å². The number of hydrogen-bond acceptors (Lipinski definition) is 4. The quantitative estimate of drug-likeness (QED) is 0.365. The number of guanidine groups is 1. The Morgan fingerprint density at radius 2 is 2.00 bits per heavy atom. The molecular formula is C17H25IN4O2S. The van der Waals surface area contributed by atoms with E-state index in [0.717, 1.165) is 16.3 Å². The molecule has 0 bridgehead atoms. The lowest BCUT2D eigenvalue weighted by atomic mass is 10.1. The predicted molar refractivity (Wildman–Crippen MR) is 112 cm³/mol. The second-order valence-electron chi connectivity index (χ2n) is 5.59. The third-order valence-corrected chi connectivity index (χ3v) is 4.78. The first-order chi connectivity index (χ1) is 11.6. The highest BCUT2D eigenvalue weighted by Gasteiger charge is 2.08. The third kappa shape index (κ3) is 7.15. The van der Waals surface area contributed by atoms with Crippen LogP contribution in [0.2, 0.25) is 0 Å². The van der Waals surface area contributed by atoms with E-state index in [1.165, 1.54) is 0 Å². The molecule has 0 radical (unpaired) electrons. The summed E-state index contributed by atoms with van der Waals surface area (Å²) in [6.07, 6.45) is 0. The normalized spacial score (nSPS) is 12.6. The lowest BCUT2D eigenvalue weighted by Crippen LogP contribution is -2.38. The highest BCUT2D eigenvalue weighted by Crippen LogP contribution is 2.13. The summed E-state index contributed by atoms with van der Waals surface area (Å²) in [5.74, 6) is 2.26. The smallest absolute Gasteiger partial charge is 0.191 e. The summed E-state index contributed by atoms with van der Waals surface area (Å²) in [4.78, 5) is 4.99. The summed E-state index contributed by atoms with van der Waals surface area (Å²) in [6.45, 7) is 5.21. The number of rotatable bonds is 7. The minimum atomic E-state index is -1.02. The number of nitrogens with one attached hydrogen (secondary N) is 2. The Kier molecular flexibility index (Phi) is 9.73. The average molecular weight is 476 g/mol. The van der Waals surface area contributed by atoms with Gasteiger partial charge in [-0.2, -0.15) is 0 Å². The van der Waals surface area contributed by atoms with E-state index in [1.54, 1.807) is 7.05 Å². The van der Waals surface area contributed by atoms with Crippen LogP contribution in [0.5, 0.6) is 0 Å². The van der Waals surface area contributed by atoms with Crippen LogP contribution in [-0.4, -0.2) is 34.7 Å². The lowest BCUT2D eigenvalue weighted by Gasteiger charge is -2.10. The highest BCUT2D eigenvalue weighted by atomic mass is 127. The Bertz CT molecular complexity index is 689. The fourth-order valence-corrected chi connectivity index (χ4v) is 3.01.